The molecule has 0 aliphatic heterocycles. The predicted molar refractivity (Wildman–Crippen MR) is 110 cm³/mol. The maximum Gasteiger partial charge on any atom is 0.248 e. The summed E-state index contributed by atoms with van der Waals surface area (Å²) in [5.41, 5.74) is 9.24. The van der Waals surface area contributed by atoms with Crippen molar-refractivity contribution in [1.29, 1.82) is 0 Å². The lowest BCUT2D eigenvalue weighted by molar-refractivity contribution is 0.100. The maximum atomic E-state index is 11.3. The van der Waals surface area contributed by atoms with Gasteiger partial charge in [0.15, 0.2) is 0 Å². The van der Waals surface area contributed by atoms with Crippen LogP contribution in [0.1, 0.15) is 62.4 Å². The number of amides is 1. The van der Waals surface area contributed by atoms with Gasteiger partial charge in [0.05, 0.1) is 5.69 Å². The minimum absolute atomic E-state index is 0.418. The van der Waals surface area contributed by atoms with E-state index in [-0.39, 0.29) is 0 Å². The van der Waals surface area contributed by atoms with Crippen LogP contribution in [0.25, 0.3) is 11.3 Å². The highest BCUT2D eigenvalue weighted by Crippen LogP contribution is 2.37. The molecule has 144 valence electrons. The van der Waals surface area contributed by atoms with Crippen molar-refractivity contribution >= 4 is 5.91 Å². The molecule has 0 unspecified atom stereocenters. The Morgan fingerprint density at radius 2 is 1.89 bits per heavy atom. The SMILES string of the molecule is CC(C)(C)C1CCC(NCc2ccc(-c3cccc(C(N)=O)c3)nc2)CC1. The standard InChI is InChI=1S/C23H31N3O/c1-23(2,3)19-8-10-20(11-9-19)25-14-16-7-12-21(26-15-16)17-5-4-6-18(13-17)22(24)27/h4-7,12-13,15,19-20,25H,8-11,14H2,1-3H3,(H2,24,27). The average molecular weight is 366 g/mol. The number of nitrogens with zero attached hydrogens (tertiary/aromatic N) is 1. The predicted octanol–water partition coefficient (Wildman–Crippen LogP) is 4.54. The van der Waals surface area contributed by atoms with Crippen LogP contribution < -0.4 is 11.1 Å². The van der Waals surface area contributed by atoms with Crippen molar-refractivity contribution in [3.05, 3.63) is 53.7 Å². The molecule has 1 aromatic carbocycles. The van der Waals surface area contributed by atoms with E-state index in [0.717, 1.165) is 23.7 Å². The topological polar surface area (TPSA) is 68.0 Å². The van der Waals surface area contributed by atoms with Crippen LogP contribution in [0.15, 0.2) is 42.6 Å². The van der Waals surface area contributed by atoms with E-state index in [1.807, 2.05) is 24.4 Å². The second-order valence-electron chi connectivity index (χ2n) is 8.79. The number of primary amides is 1. The quantitative estimate of drug-likeness (QED) is 0.817. The number of hydrogen-bond acceptors (Lipinski definition) is 3. The molecule has 27 heavy (non-hydrogen) atoms. The van der Waals surface area contributed by atoms with Gasteiger partial charge in [-0.15, -0.1) is 0 Å². The summed E-state index contributed by atoms with van der Waals surface area (Å²) in [6.45, 7) is 7.92. The highest BCUT2D eigenvalue weighted by Gasteiger charge is 2.29. The molecule has 4 nitrogen and oxygen atoms in total. The van der Waals surface area contributed by atoms with Gasteiger partial charge >= 0.3 is 0 Å². The van der Waals surface area contributed by atoms with E-state index in [1.165, 1.54) is 31.2 Å². The summed E-state index contributed by atoms with van der Waals surface area (Å²) in [5, 5.41) is 3.69. The monoisotopic (exact) mass is 365 g/mol. The number of aromatic nitrogens is 1. The molecular formula is C23H31N3O. The molecule has 1 heterocycles. The normalized spacial score (nSPS) is 20.4. The summed E-state index contributed by atoms with van der Waals surface area (Å²) >= 11 is 0. The van der Waals surface area contributed by atoms with Gasteiger partial charge in [-0.3, -0.25) is 9.78 Å². The molecule has 1 aromatic heterocycles. The zero-order valence-corrected chi connectivity index (χ0v) is 16.7. The smallest absolute Gasteiger partial charge is 0.248 e. The molecule has 1 fully saturated rings. The van der Waals surface area contributed by atoms with E-state index in [4.69, 9.17) is 5.73 Å². The number of benzene rings is 1. The minimum atomic E-state index is -0.418. The Morgan fingerprint density at radius 1 is 1.15 bits per heavy atom. The van der Waals surface area contributed by atoms with Gasteiger partial charge in [-0.1, -0.05) is 39.0 Å². The molecule has 2 aromatic rings. The Hall–Kier alpha value is -2.20. The number of pyridine rings is 1. The van der Waals surface area contributed by atoms with Crippen LogP contribution in [-0.2, 0) is 6.54 Å². The molecule has 4 heteroatoms. The molecule has 0 radical (unpaired) electrons. The minimum Gasteiger partial charge on any atom is -0.366 e. The summed E-state index contributed by atoms with van der Waals surface area (Å²) in [5.74, 6) is 0.423. The molecular weight excluding hydrogens is 334 g/mol. The van der Waals surface area contributed by atoms with Crippen LogP contribution in [0, 0.1) is 11.3 Å². The maximum absolute atomic E-state index is 11.3. The van der Waals surface area contributed by atoms with Gasteiger partial charge in [0, 0.05) is 29.9 Å². The first-order valence-corrected chi connectivity index (χ1v) is 9.91. The van der Waals surface area contributed by atoms with E-state index in [1.54, 1.807) is 12.1 Å². The molecule has 0 saturated heterocycles. The first-order chi connectivity index (χ1) is 12.8. The molecule has 1 amide bonds. The highest BCUT2D eigenvalue weighted by atomic mass is 16.1. The van der Waals surface area contributed by atoms with Gasteiger partial charge in [-0.25, -0.2) is 0 Å². The summed E-state index contributed by atoms with van der Waals surface area (Å²) in [6, 6.07) is 12.0. The second-order valence-corrected chi connectivity index (χ2v) is 8.79. The highest BCUT2D eigenvalue weighted by molar-refractivity contribution is 5.93. The average Bonchev–Trinajstić information content (AvgIpc) is 2.66. The lowest BCUT2D eigenvalue weighted by Crippen LogP contribution is -2.35. The van der Waals surface area contributed by atoms with Gasteiger partial charge in [0.1, 0.15) is 0 Å². The number of nitrogens with one attached hydrogen (secondary N) is 1. The fraction of sp³-hybridized carbons (Fsp3) is 0.478. The first-order valence-electron chi connectivity index (χ1n) is 9.91. The Bertz CT molecular complexity index is 769. The number of hydrogen-bond donors (Lipinski definition) is 2. The van der Waals surface area contributed by atoms with E-state index >= 15 is 0 Å². The zero-order valence-electron chi connectivity index (χ0n) is 16.7. The molecule has 0 bridgehead atoms. The third kappa shape index (κ3) is 5.16. The van der Waals surface area contributed by atoms with Crippen molar-refractivity contribution in [1.82, 2.24) is 10.3 Å². The van der Waals surface area contributed by atoms with Gasteiger partial charge in [-0.2, -0.15) is 0 Å². The summed E-state index contributed by atoms with van der Waals surface area (Å²) in [7, 11) is 0. The summed E-state index contributed by atoms with van der Waals surface area (Å²) in [4.78, 5) is 15.9. The van der Waals surface area contributed by atoms with E-state index in [9.17, 15) is 4.79 Å². The summed E-state index contributed by atoms with van der Waals surface area (Å²) in [6.07, 6.45) is 7.06. The van der Waals surface area contributed by atoms with Crippen LogP contribution in [0.5, 0.6) is 0 Å². The Kier molecular flexibility index (Phi) is 5.95. The fourth-order valence-corrected chi connectivity index (χ4v) is 3.96. The van der Waals surface area contributed by atoms with Crippen LogP contribution in [0.4, 0.5) is 0 Å². The van der Waals surface area contributed by atoms with Crippen LogP contribution in [0.3, 0.4) is 0 Å². The number of carbonyl (C=O) groups is 1. The lowest BCUT2D eigenvalue weighted by Gasteiger charge is -2.37. The van der Waals surface area contributed by atoms with Crippen LogP contribution >= 0.6 is 0 Å². The van der Waals surface area contributed by atoms with Crippen molar-refractivity contribution < 1.29 is 4.79 Å². The Balaban J connectivity index is 1.54. The van der Waals surface area contributed by atoms with E-state index in [2.05, 4.69) is 37.1 Å². The number of rotatable bonds is 5. The van der Waals surface area contributed by atoms with E-state index in [0.29, 0.717) is 17.0 Å². The third-order valence-electron chi connectivity index (χ3n) is 5.81. The molecule has 1 aliphatic carbocycles. The molecule has 0 spiro atoms. The molecule has 3 rings (SSSR count). The Labute approximate surface area is 162 Å². The van der Waals surface area contributed by atoms with Gasteiger partial charge in [0.2, 0.25) is 5.91 Å². The van der Waals surface area contributed by atoms with Gasteiger partial charge in [-0.05, 0) is 60.8 Å². The fourth-order valence-electron chi connectivity index (χ4n) is 3.96. The van der Waals surface area contributed by atoms with Crippen molar-refractivity contribution in [3.8, 4) is 11.3 Å². The van der Waals surface area contributed by atoms with E-state index < -0.39 is 5.91 Å². The number of carbonyl (C=O) groups excluding carboxylic acids is 1. The Morgan fingerprint density at radius 3 is 2.48 bits per heavy atom. The van der Waals surface area contributed by atoms with Crippen molar-refractivity contribution in [3.63, 3.8) is 0 Å². The summed E-state index contributed by atoms with van der Waals surface area (Å²) < 4.78 is 0. The first kappa shape index (κ1) is 19.6. The van der Waals surface area contributed by atoms with Crippen LogP contribution in [0.2, 0.25) is 0 Å². The van der Waals surface area contributed by atoms with Crippen molar-refractivity contribution in [2.75, 3.05) is 0 Å². The van der Waals surface area contributed by atoms with Crippen molar-refractivity contribution in [2.24, 2.45) is 17.1 Å². The lowest BCUT2D eigenvalue weighted by atomic mass is 9.71. The van der Waals surface area contributed by atoms with Crippen molar-refractivity contribution in [2.45, 2.75) is 59.0 Å². The molecule has 0 atom stereocenters. The van der Waals surface area contributed by atoms with Crippen LogP contribution in [-0.4, -0.2) is 16.9 Å². The molecule has 1 aliphatic rings. The largest absolute Gasteiger partial charge is 0.366 e. The number of nitrogens with two attached hydrogens (primary N) is 1. The molecule has 1 saturated carbocycles. The van der Waals surface area contributed by atoms with Gasteiger partial charge in [0.25, 0.3) is 0 Å². The van der Waals surface area contributed by atoms with Gasteiger partial charge < -0.3 is 11.1 Å². The molecule has 3 N–H and O–H groups in total. The zero-order chi connectivity index (χ0) is 19.4. The second kappa shape index (κ2) is 8.22. The third-order valence-corrected chi connectivity index (χ3v) is 5.81.